The Labute approximate surface area is 127 Å². The van der Waals surface area contributed by atoms with Crippen molar-refractivity contribution in [2.24, 2.45) is 0 Å². The van der Waals surface area contributed by atoms with Crippen LogP contribution in [0.15, 0.2) is 63.4 Å². The van der Waals surface area contributed by atoms with E-state index in [1.165, 1.54) is 9.14 Å². The summed E-state index contributed by atoms with van der Waals surface area (Å²) >= 11 is -0.618. The van der Waals surface area contributed by atoms with Crippen LogP contribution in [0.5, 0.6) is 0 Å². The van der Waals surface area contributed by atoms with Gasteiger partial charge in [-0.1, -0.05) is 0 Å². The van der Waals surface area contributed by atoms with E-state index in [-0.39, 0.29) is 5.78 Å². The van der Waals surface area contributed by atoms with Crippen LogP contribution >= 0.6 is 0 Å². The van der Waals surface area contributed by atoms with Crippen LogP contribution in [0.2, 0.25) is 0 Å². The quantitative estimate of drug-likeness (QED) is 0.390. The number of benzene rings is 2. The molecule has 2 aromatic carbocycles. The molecular formula is C17H13O2Te+. The third-order valence-corrected chi connectivity index (χ3v) is 5.39. The molecule has 0 spiro atoms. The van der Waals surface area contributed by atoms with Gasteiger partial charge in [0.1, 0.15) is 0 Å². The van der Waals surface area contributed by atoms with Gasteiger partial charge >= 0.3 is 128 Å². The van der Waals surface area contributed by atoms with Crippen molar-refractivity contribution in [1.82, 2.24) is 0 Å². The van der Waals surface area contributed by atoms with E-state index < -0.39 is 20.9 Å². The summed E-state index contributed by atoms with van der Waals surface area (Å²) in [5, 5.41) is 0. The normalized spacial score (nSPS) is 10.4. The first kappa shape index (κ1) is 13.3. The minimum absolute atomic E-state index is 0.0863. The van der Waals surface area contributed by atoms with Crippen molar-refractivity contribution in [2.45, 2.75) is 6.92 Å². The molecule has 0 aliphatic carbocycles. The fourth-order valence-corrected chi connectivity index (χ4v) is 4.02. The monoisotopic (exact) mass is 379 g/mol. The Balaban J connectivity index is 1.92. The molecule has 3 aromatic rings. The zero-order chi connectivity index (χ0) is 13.9. The zero-order valence-electron chi connectivity index (χ0n) is 11.0. The first-order valence-electron chi connectivity index (χ1n) is 6.34. The number of hydrogen-bond donors (Lipinski definition) is 0. The topological polar surface area (TPSA) is 28.4 Å². The van der Waals surface area contributed by atoms with Crippen LogP contribution < -0.4 is 0 Å². The van der Waals surface area contributed by atoms with Gasteiger partial charge in [0.2, 0.25) is 0 Å². The van der Waals surface area contributed by atoms with Gasteiger partial charge in [-0.25, -0.2) is 0 Å². The summed E-state index contributed by atoms with van der Waals surface area (Å²) in [4.78, 5) is 11.3. The van der Waals surface area contributed by atoms with E-state index in [1.54, 1.807) is 6.92 Å². The molecular weight excluding hydrogens is 364 g/mol. The summed E-state index contributed by atoms with van der Waals surface area (Å²) in [6.45, 7) is 1.58. The molecule has 0 bridgehead atoms. The first-order valence-corrected chi connectivity index (χ1v) is 8.45. The fraction of sp³-hybridized carbons (Fsp3) is 0.0588. The van der Waals surface area contributed by atoms with Crippen LogP contribution in [-0.4, -0.2) is 26.6 Å². The van der Waals surface area contributed by atoms with Crippen molar-refractivity contribution in [3.05, 3.63) is 66.2 Å². The van der Waals surface area contributed by atoms with Gasteiger partial charge in [0, 0.05) is 0 Å². The molecule has 2 nitrogen and oxygen atoms in total. The van der Waals surface area contributed by atoms with Gasteiger partial charge in [-0.3, -0.25) is 0 Å². The minimum atomic E-state index is -0.618. The maximum absolute atomic E-state index is 11.3. The van der Waals surface area contributed by atoms with Crippen LogP contribution in [-0.2, 0) is 0 Å². The van der Waals surface area contributed by atoms with Gasteiger partial charge < -0.3 is 0 Å². The van der Waals surface area contributed by atoms with Crippen molar-refractivity contribution >= 4 is 26.6 Å². The van der Waals surface area contributed by atoms with Crippen LogP contribution in [0.25, 0.3) is 20.5 Å². The Hall–Kier alpha value is -1.69. The average molecular weight is 377 g/mol. The van der Waals surface area contributed by atoms with Gasteiger partial charge in [0.25, 0.3) is 0 Å². The van der Waals surface area contributed by atoms with Crippen molar-refractivity contribution < 1.29 is 7.55 Å². The van der Waals surface area contributed by atoms with E-state index >= 15 is 0 Å². The summed E-state index contributed by atoms with van der Waals surface area (Å²) < 4.78 is 7.18. The number of Topliss-reactive ketones (excluding diaryl/α,β-unsaturated/α-hetero) is 1. The van der Waals surface area contributed by atoms with E-state index in [1.807, 2.05) is 42.5 Å². The van der Waals surface area contributed by atoms with E-state index in [0.717, 1.165) is 16.9 Å². The summed E-state index contributed by atoms with van der Waals surface area (Å²) in [5.74, 6) is 1.00. The molecule has 3 heteroatoms. The molecule has 98 valence electrons. The molecule has 0 fully saturated rings. The predicted octanol–water partition coefficient (Wildman–Crippen LogP) is 4.15. The van der Waals surface area contributed by atoms with E-state index in [9.17, 15) is 4.79 Å². The van der Waals surface area contributed by atoms with E-state index in [4.69, 9.17) is 2.76 Å². The summed E-state index contributed by atoms with van der Waals surface area (Å²) in [6.07, 6.45) is 0. The second-order valence-corrected chi connectivity index (χ2v) is 6.75. The molecule has 1 aromatic heterocycles. The maximum atomic E-state index is 11.3. The second-order valence-electron chi connectivity index (χ2n) is 4.54. The summed E-state index contributed by atoms with van der Waals surface area (Å²) in [6, 6.07) is 20.1. The van der Waals surface area contributed by atoms with E-state index in [0.29, 0.717) is 0 Å². The summed E-state index contributed by atoms with van der Waals surface area (Å²) in [5.41, 5.74) is 3.01. The molecule has 1 heterocycles. The molecule has 0 N–H and O–H groups in total. The van der Waals surface area contributed by atoms with Gasteiger partial charge in [-0.15, -0.1) is 0 Å². The van der Waals surface area contributed by atoms with Crippen molar-refractivity contribution in [3.63, 3.8) is 0 Å². The van der Waals surface area contributed by atoms with Crippen LogP contribution in [0, 0.1) is 0 Å². The SMILES string of the molecule is CC(=O)c1ccc(-c2cc(-c3ccccc3)[te][o+]2)cc1. The molecule has 0 saturated carbocycles. The Kier molecular flexibility index (Phi) is 3.82. The number of hydrogen-bond acceptors (Lipinski definition) is 1. The van der Waals surface area contributed by atoms with Gasteiger partial charge in [0.05, 0.1) is 0 Å². The van der Waals surface area contributed by atoms with Gasteiger partial charge in [0.15, 0.2) is 0 Å². The Morgan fingerprint density at radius 3 is 2.30 bits per heavy atom. The standard InChI is InChI=1S/C17H13O2Te/c1-12(18)13-7-9-14(10-8-13)16-11-17(20-19-16)15-5-3-2-4-6-15/h2-11H,1H3/q+1. The van der Waals surface area contributed by atoms with E-state index in [2.05, 4.69) is 18.2 Å². The Morgan fingerprint density at radius 1 is 0.950 bits per heavy atom. The second kappa shape index (κ2) is 5.75. The van der Waals surface area contributed by atoms with Crippen LogP contribution in [0.4, 0.5) is 0 Å². The molecule has 0 amide bonds. The summed E-state index contributed by atoms with van der Waals surface area (Å²) in [7, 11) is 0. The number of carbonyl (C=O) groups excluding carboxylic acids is 1. The first-order chi connectivity index (χ1) is 9.74. The average Bonchev–Trinajstić information content (AvgIpc) is 2.98. The number of rotatable bonds is 3. The Bertz CT molecular complexity index is 727. The van der Waals surface area contributed by atoms with Gasteiger partial charge in [-0.05, 0) is 0 Å². The molecule has 3 rings (SSSR count). The molecule has 0 unspecified atom stereocenters. The van der Waals surface area contributed by atoms with Crippen LogP contribution in [0.3, 0.4) is 0 Å². The van der Waals surface area contributed by atoms with Crippen molar-refractivity contribution in [1.29, 1.82) is 0 Å². The molecule has 0 aliphatic heterocycles. The molecule has 0 atom stereocenters. The molecule has 0 radical (unpaired) electrons. The van der Waals surface area contributed by atoms with Crippen molar-refractivity contribution in [2.75, 3.05) is 0 Å². The fourth-order valence-electron chi connectivity index (χ4n) is 1.99. The molecule has 0 saturated heterocycles. The van der Waals surface area contributed by atoms with Crippen molar-refractivity contribution in [3.8, 4) is 20.5 Å². The number of ketones is 1. The third kappa shape index (κ3) is 2.75. The van der Waals surface area contributed by atoms with Crippen LogP contribution in [0.1, 0.15) is 17.3 Å². The molecule has 20 heavy (non-hydrogen) atoms. The predicted molar refractivity (Wildman–Crippen MR) is 80.9 cm³/mol. The number of carbonyl (C=O) groups is 1. The Morgan fingerprint density at radius 2 is 1.65 bits per heavy atom. The van der Waals surface area contributed by atoms with Gasteiger partial charge in [-0.2, -0.15) is 0 Å². The third-order valence-electron chi connectivity index (χ3n) is 3.12. The molecule has 0 aliphatic rings. The zero-order valence-corrected chi connectivity index (χ0v) is 13.3.